The smallest absolute Gasteiger partial charge is 0.225 e. The van der Waals surface area contributed by atoms with Crippen LogP contribution < -0.4 is 4.90 Å². The van der Waals surface area contributed by atoms with E-state index in [-0.39, 0.29) is 11.7 Å². The number of carbonyl (C=O) groups is 1. The number of hydrogen-bond donors (Lipinski definition) is 0. The molecule has 1 saturated heterocycles. The Morgan fingerprint density at radius 3 is 2.77 bits per heavy atom. The van der Waals surface area contributed by atoms with Gasteiger partial charge in [-0.15, -0.1) is 0 Å². The predicted molar refractivity (Wildman–Crippen MR) is 137 cm³/mol. The fourth-order valence-electron chi connectivity index (χ4n) is 4.18. The van der Waals surface area contributed by atoms with Crippen LogP contribution in [0.5, 0.6) is 0 Å². The van der Waals surface area contributed by atoms with Crippen molar-refractivity contribution in [1.82, 2.24) is 24.4 Å². The molecule has 35 heavy (non-hydrogen) atoms. The molecule has 0 N–H and O–H groups in total. The monoisotopic (exact) mass is 508 g/mol. The van der Waals surface area contributed by atoms with Gasteiger partial charge in [0.15, 0.2) is 11.5 Å². The third kappa shape index (κ3) is 4.84. The van der Waals surface area contributed by atoms with E-state index in [1.54, 1.807) is 12.3 Å². The van der Waals surface area contributed by atoms with E-state index in [0.717, 1.165) is 35.7 Å². The molecule has 8 nitrogen and oxygen atoms in total. The first-order valence-electron chi connectivity index (χ1n) is 11.6. The van der Waals surface area contributed by atoms with Crippen molar-refractivity contribution in [2.75, 3.05) is 31.1 Å². The number of benzene rings is 1. The van der Waals surface area contributed by atoms with Crippen molar-refractivity contribution in [1.29, 1.82) is 0 Å². The van der Waals surface area contributed by atoms with Crippen LogP contribution in [0.25, 0.3) is 22.5 Å². The zero-order valence-corrected chi connectivity index (χ0v) is 21.1. The number of hydrogen-bond acceptors (Lipinski definition) is 9. The van der Waals surface area contributed by atoms with E-state index in [4.69, 9.17) is 21.1 Å². The molecular weight excluding hydrogens is 484 g/mol. The summed E-state index contributed by atoms with van der Waals surface area (Å²) in [5.74, 6) is 1.30. The van der Waals surface area contributed by atoms with Gasteiger partial charge in [0.05, 0.1) is 23.7 Å². The summed E-state index contributed by atoms with van der Waals surface area (Å²) in [6.45, 7) is 7.76. The molecule has 5 rings (SSSR count). The normalized spacial score (nSPS) is 13.9. The Bertz CT molecular complexity index is 1320. The Morgan fingerprint density at radius 1 is 1.23 bits per heavy atom. The van der Waals surface area contributed by atoms with Gasteiger partial charge in [-0.1, -0.05) is 42.7 Å². The van der Waals surface area contributed by atoms with Crippen molar-refractivity contribution in [2.45, 2.75) is 20.4 Å². The summed E-state index contributed by atoms with van der Waals surface area (Å²) >= 11 is 7.56. The summed E-state index contributed by atoms with van der Waals surface area (Å²) in [6.07, 6.45) is 1.74. The number of aromatic nitrogens is 4. The summed E-state index contributed by atoms with van der Waals surface area (Å²) in [6, 6.07) is 11.2. The first-order chi connectivity index (χ1) is 17.1. The lowest BCUT2D eigenvalue weighted by Gasteiger charge is -2.37. The van der Waals surface area contributed by atoms with Crippen LogP contribution in [0.3, 0.4) is 0 Å². The molecule has 0 spiro atoms. The van der Waals surface area contributed by atoms with E-state index in [1.807, 2.05) is 40.6 Å². The molecule has 1 aromatic carbocycles. The van der Waals surface area contributed by atoms with E-state index in [9.17, 15) is 4.79 Å². The molecule has 4 heterocycles. The maximum absolute atomic E-state index is 12.6. The molecule has 0 radical (unpaired) electrons. The van der Waals surface area contributed by atoms with Crippen LogP contribution in [0.4, 0.5) is 5.95 Å². The highest BCUT2D eigenvalue weighted by atomic mass is 35.5. The highest BCUT2D eigenvalue weighted by Gasteiger charge is 2.36. The molecule has 0 atom stereocenters. The summed E-state index contributed by atoms with van der Waals surface area (Å²) in [5.41, 5.74) is 3.65. The number of halogens is 1. The Labute approximate surface area is 212 Å². The van der Waals surface area contributed by atoms with Gasteiger partial charge in [0.1, 0.15) is 11.4 Å². The minimum Gasteiger partial charge on any atom is -0.359 e. The lowest BCUT2D eigenvalue weighted by molar-refractivity contribution is 0.0892. The molecule has 1 aliphatic heterocycles. The molecule has 1 fully saturated rings. The van der Waals surface area contributed by atoms with Crippen molar-refractivity contribution in [3.05, 3.63) is 64.5 Å². The fraction of sp³-hybridized carbons (Fsp3) is 0.320. The number of carbonyl (C=O) groups excluding carboxylic acids is 1. The zero-order chi connectivity index (χ0) is 24.4. The van der Waals surface area contributed by atoms with Gasteiger partial charge in [0.2, 0.25) is 5.95 Å². The third-order valence-corrected chi connectivity index (χ3v) is 7.04. The average molecular weight is 509 g/mol. The van der Waals surface area contributed by atoms with Gasteiger partial charge >= 0.3 is 0 Å². The maximum atomic E-state index is 12.6. The molecule has 0 bridgehead atoms. The van der Waals surface area contributed by atoms with E-state index in [0.29, 0.717) is 42.0 Å². The quantitative estimate of drug-likeness (QED) is 0.289. The molecule has 0 saturated carbocycles. The van der Waals surface area contributed by atoms with Crippen LogP contribution in [-0.4, -0.2) is 56.4 Å². The van der Waals surface area contributed by atoms with Gasteiger partial charge in [0, 0.05) is 35.3 Å². The Balaban J connectivity index is 1.45. The van der Waals surface area contributed by atoms with Crippen molar-refractivity contribution in [3.63, 3.8) is 0 Å². The maximum Gasteiger partial charge on any atom is 0.225 e. The van der Waals surface area contributed by atoms with Crippen LogP contribution in [-0.2, 0) is 6.54 Å². The Kier molecular flexibility index (Phi) is 6.90. The van der Waals surface area contributed by atoms with Gasteiger partial charge in [-0.2, -0.15) is 4.37 Å². The average Bonchev–Trinajstić information content (AvgIpc) is 3.52. The molecular formula is C25H25ClN6O2S. The van der Waals surface area contributed by atoms with Gasteiger partial charge in [-0.05, 0) is 48.9 Å². The number of ketones is 1. The number of Topliss-reactive ketones (excluding diaryl/α,β-unsaturated/α-hetero) is 1. The highest BCUT2D eigenvalue weighted by molar-refractivity contribution is 7.03. The molecule has 4 aromatic rings. The lowest BCUT2D eigenvalue weighted by Crippen LogP contribution is -2.51. The van der Waals surface area contributed by atoms with Gasteiger partial charge in [0.25, 0.3) is 0 Å². The fourth-order valence-corrected chi connectivity index (χ4v) is 4.88. The standard InChI is InChI=1S/C25H25ClN6O2S/c1-3-31(4-2)15-21-22(23(29-34-21)16-6-5-7-18(26)12-16)19-8-10-27-25(28-19)32-13-17(14-32)24(33)20-9-11-35-30-20/h5-12,17H,3-4,13-15H2,1-2H3. The van der Waals surface area contributed by atoms with Crippen LogP contribution in [0.1, 0.15) is 30.1 Å². The van der Waals surface area contributed by atoms with E-state index < -0.39 is 0 Å². The van der Waals surface area contributed by atoms with Crippen LogP contribution in [0.2, 0.25) is 5.02 Å². The summed E-state index contributed by atoms with van der Waals surface area (Å²) in [7, 11) is 0. The number of nitrogens with zero attached hydrogens (tertiary/aromatic N) is 6. The van der Waals surface area contributed by atoms with Gasteiger partial charge in [-0.3, -0.25) is 9.69 Å². The minimum absolute atomic E-state index is 0.0717. The zero-order valence-electron chi connectivity index (χ0n) is 19.5. The first kappa shape index (κ1) is 23.6. The van der Waals surface area contributed by atoms with Crippen LogP contribution >= 0.6 is 23.1 Å². The van der Waals surface area contributed by atoms with Crippen molar-refractivity contribution in [2.24, 2.45) is 5.92 Å². The molecule has 10 heteroatoms. The largest absolute Gasteiger partial charge is 0.359 e. The summed E-state index contributed by atoms with van der Waals surface area (Å²) < 4.78 is 10.0. The molecule has 180 valence electrons. The van der Waals surface area contributed by atoms with Crippen LogP contribution in [0, 0.1) is 5.92 Å². The van der Waals surface area contributed by atoms with Gasteiger partial charge < -0.3 is 9.42 Å². The highest BCUT2D eigenvalue weighted by Crippen LogP contribution is 2.36. The molecule has 0 aliphatic carbocycles. The van der Waals surface area contributed by atoms with Gasteiger partial charge in [-0.25, -0.2) is 9.97 Å². The Morgan fingerprint density at radius 2 is 2.06 bits per heavy atom. The third-order valence-electron chi connectivity index (χ3n) is 6.25. The van der Waals surface area contributed by atoms with E-state index in [1.165, 1.54) is 11.5 Å². The van der Waals surface area contributed by atoms with E-state index >= 15 is 0 Å². The molecule has 0 amide bonds. The van der Waals surface area contributed by atoms with Crippen molar-refractivity contribution < 1.29 is 9.32 Å². The van der Waals surface area contributed by atoms with E-state index in [2.05, 4.69) is 33.3 Å². The molecule has 3 aromatic heterocycles. The Hall–Kier alpha value is -3.14. The SMILES string of the molecule is CCN(CC)Cc1onc(-c2cccc(Cl)c2)c1-c1ccnc(N2CC(C(=O)c3ccsn3)C2)n1. The van der Waals surface area contributed by atoms with Crippen LogP contribution in [0.15, 0.2) is 52.5 Å². The predicted octanol–water partition coefficient (Wildman–Crippen LogP) is 5.07. The number of anilines is 1. The van der Waals surface area contributed by atoms with Crippen molar-refractivity contribution >= 4 is 34.9 Å². The summed E-state index contributed by atoms with van der Waals surface area (Å²) in [4.78, 5) is 26.2. The molecule has 1 aliphatic rings. The minimum atomic E-state index is -0.0970. The number of rotatable bonds is 9. The first-order valence-corrected chi connectivity index (χ1v) is 12.8. The lowest BCUT2D eigenvalue weighted by atomic mass is 9.94. The second kappa shape index (κ2) is 10.2. The second-order valence-electron chi connectivity index (χ2n) is 8.39. The summed E-state index contributed by atoms with van der Waals surface area (Å²) in [5, 5.41) is 6.86. The molecule has 0 unspecified atom stereocenters. The van der Waals surface area contributed by atoms with Crippen molar-refractivity contribution in [3.8, 4) is 22.5 Å². The topological polar surface area (TPSA) is 88.3 Å². The second-order valence-corrected chi connectivity index (χ2v) is 9.50.